The predicted molar refractivity (Wildman–Crippen MR) is 99.1 cm³/mol. The van der Waals surface area contributed by atoms with Gasteiger partial charge in [-0.15, -0.1) is 0 Å². The van der Waals surface area contributed by atoms with E-state index in [1.54, 1.807) is 4.90 Å². The lowest BCUT2D eigenvalue weighted by molar-refractivity contribution is -0.119. The third kappa shape index (κ3) is 5.74. The predicted octanol–water partition coefficient (Wildman–Crippen LogP) is 1.89. The Labute approximate surface area is 150 Å². The fourth-order valence-electron chi connectivity index (χ4n) is 3.38. The number of nitrogens with one attached hydrogen (secondary N) is 1. The molecule has 2 rings (SSSR count). The molecule has 1 aliphatic heterocycles. The van der Waals surface area contributed by atoms with Gasteiger partial charge in [0.2, 0.25) is 5.91 Å². The van der Waals surface area contributed by atoms with Gasteiger partial charge < -0.3 is 20.9 Å². The standard InChI is InChI=1S/C19H30N4O2/c1-14-6-8-16(9-7-14)17(22(2)3)12-21-19(25)23-10-4-5-15(13-23)11-18(20)24/h6-9,15,17H,4-5,10-13H2,1-3H3,(H2,20,24)(H,21,25)/t15-,17+/m0/s1. The smallest absolute Gasteiger partial charge is 0.317 e. The average molecular weight is 346 g/mol. The number of carbonyl (C=O) groups excluding carboxylic acids is 2. The van der Waals surface area contributed by atoms with E-state index in [1.165, 1.54) is 11.1 Å². The summed E-state index contributed by atoms with van der Waals surface area (Å²) in [5.41, 5.74) is 7.69. The number of likely N-dealkylation sites (N-methyl/N-ethyl adjacent to an activating group) is 1. The zero-order valence-electron chi connectivity index (χ0n) is 15.5. The molecule has 6 heteroatoms. The molecule has 0 saturated carbocycles. The van der Waals surface area contributed by atoms with Gasteiger partial charge in [-0.1, -0.05) is 29.8 Å². The van der Waals surface area contributed by atoms with Crippen molar-refractivity contribution in [1.29, 1.82) is 0 Å². The molecular formula is C19H30N4O2. The molecule has 0 aromatic heterocycles. The highest BCUT2D eigenvalue weighted by Crippen LogP contribution is 2.20. The normalized spacial score (nSPS) is 18.9. The van der Waals surface area contributed by atoms with E-state index >= 15 is 0 Å². The van der Waals surface area contributed by atoms with Crippen LogP contribution >= 0.6 is 0 Å². The number of likely N-dealkylation sites (tertiary alicyclic amines) is 1. The number of rotatable bonds is 6. The lowest BCUT2D eigenvalue weighted by Crippen LogP contribution is -2.47. The molecule has 0 bridgehead atoms. The Bertz CT molecular complexity index is 586. The van der Waals surface area contributed by atoms with Crippen molar-refractivity contribution in [2.24, 2.45) is 11.7 Å². The van der Waals surface area contributed by atoms with Crippen LogP contribution in [-0.2, 0) is 4.79 Å². The molecule has 1 aromatic carbocycles. The van der Waals surface area contributed by atoms with E-state index in [0.29, 0.717) is 19.5 Å². The van der Waals surface area contributed by atoms with Crippen molar-refractivity contribution < 1.29 is 9.59 Å². The molecule has 0 unspecified atom stereocenters. The first-order valence-electron chi connectivity index (χ1n) is 8.91. The number of nitrogens with zero attached hydrogens (tertiary/aromatic N) is 2. The minimum Gasteiger partial charge on any atom is -0.370 e. The topological polar surface area (TPSA) is 78.7 Å². The van der Waals surface area contributed by atoms with Gasteiger partial charge in [-0.2, -0.15) is 0 Å². The number of hydrogen-bond donors (Lipinski definition) is 2. The van der Waals surface area contributed by atoms with Crippen LogP contribution in [0.15, 0.2) is 24.3 Å². The lowest BCUT2D eigenvalue weighted by atomic mass is 9.95. The van der Waals surface area contributed by atoms with Gasteiger partial charge in [-0.25, -0.2) is 4.79 Å². The number of urea groups is 1. The molecule has 25 heavy (non-hydrogen) atoms. The molecule has 3 amide bonds. The molecule has 0 aliphatic carbocycles. The van der Waals surface area contributed by atoms with Gasteiger partial charge in [0.25, 0.3) is 0 Å². The molecule has 1 aromatic rings. The number of amides is 3. The fourth-order valence-corrected chi connectivity index (χ4v) is 3.38. The highest BCUT2D eigenvalue weighted by atomic mass is 16.2. The zero-order valence-corrected chi connectivity index (χ0v) is 15.5. The van der Waals surface area contributed by atoms with Gasteiger partial charge in [0.15, 0.2) is 0 Å². The maximum Gasteiger partial charge on any atom is 0.317 e. The van der Waals surface area contributed by atoms with E-state index in [4.69, 9.17) is 5.73 Å². The van der Waals surface area contributed by atoms with Gasteiger partial charge in [-0.3, -0.25) is 4.79 Å². The fraction of sp³-hybridized carbons (Fsp3) is 0.579. The molecule has 3 N–H and O–H groups in total. The largest absolute Gasteiger partial charge is 0.370 e. The minimum absolute atomic E-state index is 0.0619. The highest BCUT2D eigenvalue weighted by Gasteiger charge is 2.25. The summed E-state index contributed by atoms with van der Waals surface area (Å²) in [5.74, 6) is -0.113. The Balaban J connectivity index is 1.92. The summed E-state index contributed by atoms with van der Waals surface area (Å²) < 4.78 is 0. The van der Waals surface area contributed by atoms with Crippen LogP contribution in [-0.4, -0.2) is 55.5 Å². The summed E-state index contributed by atoms with van der Waals surface area (Å²) in [6.07, 6.45) is 2.23. The van der Waals surface area contributed by atoms with Crippen LogP contribution < -0.4 is 11.1 Å². The Morgan fingerprint density at radius 1 is 1.32 bits per heavy atom. The summed E-state index contributed by atoms with van der Waals surface area (Å²) in [4.78, 5) is 27.5. The summed E-state index contributed by atoms with van der Waals surface area (Å²) in [6, 6.07) is 8.45. The van der Waals surface area contributed by atoms with Crippen molar-refractivity contribution in [2.45, 2.75) is 32.2 Å². The Kier molecular flexibility index (Phi) is 6.82. The van der Waals surface area contributed by atoms with Crippen LogP contribution in [0.25, 0.3) is 0 Å². The Hall–Kier alpha value is -2.08. The van der Waals surface area contributed by atoms with Gasteiger partial charge in [0.05, 0.1) is 6.04 Å². The van der Waals surface area contributed by atoms with Crippen molar-refractivity contribution in [3.8, 4) is 0 Å². The first-order valence-corrected chi connectivity index (χ1v) is 8.91. The van der Waals surface area contributed by atoms with E-state index in [-0.39, 0.29) is 23.9 Å². The quantitative estimate of drug-likeness (QED) is 0.826. The van der Waals surface area contributed by atoms with Gasteiger partial charge >= 0.3 is 6.03 Å². The zero-order chi connectivity index (χ0) is 18.4. The van der Waals surface area contributed by atoms with E-state index in [2.05, 4.69) is 41.4 Å². The van der Waals surface area contributed by atoms with E-state index in [9.17, 15) is 9.59 Å². The van der Waals surface area contributed by atoms with Crippen molar-refractivity contribution in [3.05, 3.63) is 35.4 Å². The summed E-state index contributed by atoms with van der Waals surface area (Å²) in [7, 11) is 4.03. The number of benzene rings is 1. The third-order valence-corrected chi connectivity index (χ3v) is 4.83. The van der Waals surface area contributed by atoms with Gasteiger partial charge in [0.1, 0.15) is 0 Å². The molecule has 1 heterocycles. The van der Waals surface area contributed by atoms with E-state index in [1.807, 2.05) is 14.1 Å². The number of aryl methyl sites for hydroxylation is 1. The second-order valence-electron chi connectivity index (χ2n) is 7.20. The van der Waals surface area contributed by atoms with Crippen LogP contribution in [0, 0.1) is 12.8 Å². The van der Waals surface area contributed by atoms with E-state index < -0.39 is 0 Å². The summed E-state index contributed by atoms with van der Waals surface area (Å²) >= 11 is 0. The monoisotopic (exact) mass is 346 g/mol. The van der Waals surface area contributed by atoms with Crippen LogP contribution in [0.1, 0.15) is 36.4 Å². The SMILES string of the molecule is Cc1ccc([C@@H](CNC(=O)N2CCC[C@@H](CC(N)=O)C2)N(C)C)cc1. The van der Waals surface area contributed by atoms with Gasteiger partial charge in [0, 0.05) is 26.1 Å². The first kappa shape index (κ1) is 19.2. The van der Waals surface area contributed by atoms with Crippen LogP contribution in [0.4, 0.5) is 4.79 Å². The summed E-state index contributed by atoms with van der Waals surface area (Å²) in [5, 5.41) is 3.05. The highest BCUT2D eigenvalue weighted by molar-refractivity contribution is 5.75. The Morgan fingerprint density at radius 2 is 2.00 bits per heavy atom. The molecule has 1 aliphatic rings. The number of piperidine rings is 1. The molecule has 138 valence electrons. The lowest BCUT2D eigenvalue weighted by Gasteiger charge is -2.33. The Morgan fingerprint density at radius 3 is 2.60 bits per heavy atom. The second-order valence-corrected chi connectivity index (χ2v) is 7.20. The summed E-state index contributed by atoms with van der Waals surface area (Å²) in [6.45, 7) is 3.95. The maximum absolute atomic E-state index is 12.5. The molecule has 1 saturated heterocycles. The van der Waals surface area contributed by atoms with Gasteiger partial charge in [-0.05, 0) is 45.3 Å². The molecule has 0 spiro atoms. The molecule has 6 nitrogen and oxygen atoms in total. The van der Waals surface area contributed by atoms with Crippen molar-refractivity contribution in [1.82, 2.24) is 15.1 Å². The van der Waals surface area contributed by atoms with Crippen LogP contribution in [0.2, 0.25) is 0 Å². The first-order chi connectivity index (χ1) is 11.9. The maximum atomic E-state index is 12.5. The van der Waals surface area contributed by atoms with Crippen LogP contribution in [0.3, 0.4) is 0 Å². The molecule has 0 radical (unpaired) electrons. The van der Waals surface area contributed by atoms with Crippen molar-refractivity contribution in [3.63, 3.8) is 0 Å². The molecule has 1 fully saturated rings. The number of nitrogens with two attached hydrogens (primary N) is 1. The second kappa shape index (κ2) is 8.85. The number of carbonyl (C=O) groups is 2. The number of hydrogen-bond acceptors (Lipinski definition) is 3. The van der Waals surface area contributed by atoms with Crippen molar-refractivity contribution >= 4 is 11.9 Å². The number of primary amides is 1. The average Bonchev–Trinajstić information content (AvgIpc) is 2.56. The molecular weight excluding hydrogens is 316 g/mol. The third-order valence-electron chi connectivity index (χ3n) is 4.83. The van der Waals surface area contributed by atoms with Crippen LogP contribution in [0.5, 0.6) is 0 Å². The van der Waals surface area contributed by atoms with Crippen molar-refractivity contribution in [2.75, 3.05) is 33.7 Å². The van der Waals surface area contributed by atoms with E-state index in [0.717, 1.165) is 19.4 Å². The minimum atomic E-state index is -0.292. The molecule has 2 atom stereocenters.